The summed E-state index contributed by atoms with van der Waals surface area (Å²) in [5, 5.41) is 6.63. The molecule has 0 radical (unpaired) electrons. The number of hydrogen-bond acceptors (Lipinski definition) is 2. The Hall–Kier alpha value is -1.09. The van der Waals surface area contributed by atoms with Gasteiger partial charge in [-0.05, 0) is 17.5 Å². The summed E-state index contributed by atoms with van der Waals surface area (Å²) in [5.41, 5.74) is 2.50. The Morgan fingerprint density at radius 3 is 2.53 bits per heavy atom. The van der Waals surface area contributed by atoms with Crippen LogP contribution in [0.25, 0.3) is 10.6 Å². The zero-order valence-electron chi connectivity index (χ0n) is 9.61. The van der Waals surface area contributed by atoms with Crippen LogP contribution < -0.4 is 0 Å². The molecule has 2 nitrogen and oxygen atoms in total. The van der Waals surface area contributed by atoms with Crippen LogP contribution in [0, 0.1) is 0 Å². The molecule has 3 heteroatoms. The first-order chi connectivity index (χ1) is 6.98. The van der Waals surface area contributed by atoms with Crippen LogP contribution in [-0.4, -0.2) is 9.78 Å². The lowest BCUT2D eigenvalue weighted by Gasteiger charge is -2.17. The van der Waals surface area contributed by atoms with Crippen LogP contribution >= 0.6 is 11.3 Å². The molecule has 0 saturated heterocycles. The highest BCUT2D eigenvalue weighted by atomic mass is 32.1. The fraction of sp³-hybridized carbons (Fsp3) is 0.417. The van der Waals surface area contributed by atoms with Crippen molar-refractivity contribution in [1.82, 2.24) is 9.78 Å². The molecule has 0 fully saturated rings. The summed E-state index contributed by atoms with van der Waals surface area (Å²) < 4.78 is 1.98. The molecule has 2 heterocycles. The van der Waals surface area contributed by atoms with E-state index in [1.807, 2.05) is 11.7 Å². The predicted molar refractivity (Wildman–Crippen MR) is 65.2 cm³/mol. The van der Waals surface area contributed by atoms with E-state index in [4.69, 9.17) is 0 Å². The van der Waals surface area contributed by atoms with Crippen LogP contribution in [0.1, 0.15) is 26.5 Å². The van der Waals surface area contributed by atoms with Gasteiger partial charge >= 0.3 is 0 Å². The van der Waals surface area contributed by atoms with E-state index in [1.165, 1.54) is 10.6 Å². The Bertz CT molecular complexity index is 446. The van der Waals surface area contributed by atoms with Gasteiger partial charge in [-0.3, -0.25) is 4.68 Å². The molecule has 2 aromatic heterocycles. The second kappa shape index (κ2) is 3.49. The van der Waals surface area contributed by atoms with Crippen molar-refractivity contribution >= 4 is 11.3 Å². The van der Waals surface area contributed by atoms with E-state index in [-0.39, 0.29) is 5.41 Å². The molecule has 0 bridgehead atoms. The van der Waals surface area contributed by atoms with Crippen LogP contribution in [-0.2, 0) is 12.5 Å². The van der Waals surface area contributed by atoms with Gasteiger partial charge in [0.2, 0.25) is 0 Å². The van der Waals surface area contributed by atoms with Crippen molar-refractivity contribution in [2.24, 2.45) is 7.05 Å². The monoisotopic (exact) mass is 220 g/mol. The third-order valence-corrected chi connectivity index (χ3v) is 3.31. The highest BCUT2D eigenvalue weighted by molar-refractivity contribution is 7.13. The highest BCUT2D eigenvalue weighted by Gasteiger charge is 2.19. The van der Waals surface area contributed by atoms with E-state index < -0.39 is 0 Å². The first-order valence-corrected chi connectivity index (χ1v) is 5.95. The molecule has 0 spiro atoms. The highest BCUT2D eigenvalue weighted by Crippen LogP contribution is 2.28. The van der Waals surface area contributed by atoms with Gasteiger partial charge in [0.05, 0.1) is 4.88 Å². The van der Waals surface area contributed by atoms with E-state index in [9.17, 15) is 0 Å². The van der Waals surface area contributed by atoms with Crippen molar-refractivity contribution in [2.45, 2.75) is 26.2 Å². The Balaban J connectivity index is 2.47. The quantitative estimate of drug-likeness (QED) is 0.719. The van der Waals surface area contributed by atoms with E-state index in [2.05, 4.69) is 49.4 Å². The largest absolute Gasteiger partial charge is 0.271 e. The smallest absolute Gasteiger partial charge is 0.103 e. The van der Waals surface area contributed by atoms with Gasteiger partial charge in [0.1, 0.15) is 5.69 Å². The van der Waals surface area contributed by atoms with Crippen LogP contribution in [0.3, 0.4) is 0 Å². The predicted octanol–water partition coefficient (Wildman–Crippen LogP) is 3.45. The van der Waals surface area contributed by atoms with Crippen LogP contribution in [0.5, 0.6) is 0 Å². The average molecular weight is 220 g/mol. The van der Waals surface area contributed by atoms with Gasteiger partial charge < -0.3 is 0 Å². The maximum atomic E-state index is 4.55. The molecule has 80 valence electrons. The Morgan fingerprint density at radius 2 is 2.07 bits per heavy atom. The van der Waals surface area contributed by atoms with Gasteiger partial charge in [-0.25, -0.2) is 0 Å². The first kappa shape index (κ1) is 10.4. The Morgan fingerprint density at radius 1 is 1.33 bits per heavy atom. The lowest BCUT2D eigenvalue weighted by Crippen LogP contribution is -2.16. The summed E-state index contributed by atoms with van der Waals surface area (Å²) in [7, 11) is 2.01. The minimum absolute atomic E-state index is 0.150. The van der Waals surface area contributed by atoms with Gasteiger partial charge in [0.25, 0.3) is 0 Å². The van der Waals surface area contributed by atoms with Crippen molar-refractivity contribution in [3.8, 4) is 10.6 Å². The van der Waals surface area contributed by atoms with Crippen molar-refractivity contribution < 1.29 is 0 Å². The summed E-state index contributed by atoms with van der Waals surface area (Å²) in [6, 6.07) is 6.36. The number of rotatable bonds is 1. The van der Waals surface area contributed by atoms with Gasteiger partial charge in [0, 0.05) is 18.2 Å². The lowest BCUT2D eigenvalue weighted by atomic mass is 9.92. The molecule has 0 aliphatic rings. The molecule has 2 rings (SSSR count). The molecular formula is C12H16N2S. The summed E-state index contributed by atoms with van der Waals surface area (Å²) in [5.74, 6) is 0. The molecule has 0 aliphatic heterocycles. The van der Waals surface area contributed by atoms with E-state index in [0.29, 0.717) is 0 Å². The van der Waals surface area contributed by atoms with Crippen molar-refractivity contribution in [1.29, 1.82) is 0 Å². The third-order valence-electron chi connectivity index (χ3n) is 2.42. The standard InChI is InChI=1S/C12H16N2S/c1-12(2,3)11-8-9(13-14(11)4)10-6-5-7-15-10/h5-8H,1-4H3. The van der Waals surface area contributed by atoms with Crippen molar-refractivity contribution in [3.05, 3.63) is 29.3 Å². The molecule has 0 aromatic carbocycles. The number of aryl methyl sites for hydroxylation is 1. The zero-order valence-corrected chi connectivity index (χ0v) is 10.4. The molecule has 0 unspecified atom stereocenters. The number of nitrogens with zero attached hydrogens (tertiary/aromatic N) is 2. The SMILES string of the molecule is Cn1nc(-c2cccs2)cc1C(C)(C)C. The molecule has 0 atom stereocenters. The van der Waals surface area contributed by atoms with E-state index >= 15 is 0 Å². The summed E-state index contributed by atoms with van der Waals surface area (Å²) >= 11 is 1.73. The Labute approximate surface area is 94.6 Å². The molecule has 0 N–H and O–H groups in total. The Kier molecular flexibility index (Phi) is 2.43. The van der Waals surface area contributed by atoms with Crippen LogP contribution in [0.2, 0.25) is 0 Å². The minimum atomic E-state index is 0.150. The van der Waals surface area contributed by atoms with Crippen LogP contribution in [0.15, 0.2) is 23.6 Å². The molecule has 0 aliphatic carbocycles. The summed E-state index contributed by atoms with van der Waals surface area (Å²) in [6.07, 6.45) is 0. The molecule has 0 amide bonds. The molecule has 15 heavy (non-hydrogen) atoms. The van der Waals surface area contributed by atoms with Gasteiger partial charge in [-0.15, -0.1) is 11.3 Å². The maximum absolute atomic E-state index is 4.55. The summed E-state index contributed by atoms with van der Waals surface area (Å²) in [4.78, 5) is 1.24. The fourth-order valence-electron chi connectivity index (χ4n) is 1.71. The second-order valence-corrected chi connectivity index (χ2v) is 5.71. The molecular weight excluding hydrogens is 204 g/mol. The van der Waals surface area contributed by atoms with Gasteiger partial charge in [0.15, 0.2) is 0 Å². The normalized spacial score (nSPS) is 12.0. The number of hydrogen-bond donors (Lipinski definition) is 0. The van der Waals surface area contributed by atoms with E-state index in [1.54, 1.807) is 11.3 Å². The fourth-order valence-corrected chi connectivity index (χ4v) is 2.40. The van der Waals surface area contributed by atoms with Crippen LogP contribution in [0.4, 0.5) is 0 Å². The second-order valence-electron chi connectivity index (χ2n) is 4.77. The van der Waals surface area contributed by atoms with Gasteiger partial charge in [-0.2, -0.15) is 5.10 Å². The van der Waals surface area contributed by atoms with E-state index in [0.717, 1.165) is 5.69 Å². The lowest BCUT2D eigenvalue weighted by molar-refractivity contribution is 0.523. The summed E-state index contributed by atoms with van der Waals surface area (Å²) in [6.45, 7) is 6.63. The molecule has 2 aromatic rings. The maximum Gasteiger partial charge on any atom is 0.103 e. The topological polar surface area (TPSA) is 17.8 Å². The third kappa shape index (κ3) is 1.97. The average Bonchev–Trinajstić information content (AvgIpc) is 2.68. The number of aromatic nitrogens is 2. The number of thiophene rings is 1. The first-order valence-electron chi connectivity index (χ1n) is 5.07. The van der Waals surface area contributed by atoms with Crippen molar-refractivity contribution in [3.63, 3.8) is 0 Å². The van der Waals surface area contributed by atoms with Gasteiger partial charge in [-0.1, -0.05) is 26.8 Å². The zero-order chi connectivity index (χ0) is 11.1. The van der Waals surface area contributed by atoms with Crippen molar-refractivity contribution in [2.75, 3.05) is 0 Å². The molecule has 0 saturated carbocycles. The minimum Gasteiger partial charge on any atom is -0.271 e.